The average Bonchev–Trinajstić information content (AvgIpc) is 2.72. The van der Waals surface area contributed by atoms with Gasteiger partial charge in [-0.1, -0.05) is 46.3 Å². The molecule has 0 aliphatic rings. The SMILES string of the molecule is Cc1cccc(NC(=O)COc2ccc(/C=C(\C#N)c3ccc(Br)cc3)cc2Br)c1. The Morgan fingerprint density at radius 1 is 1.10 bits per heavy atom. The molecule has 1 N–H and O–H groups in total. The minimum absolute atomic E-state index is 0.107. The molecule has 0 aromatic heterocycles. The molecule has 0 radical (unpaired) electrons. The number of nitrogens with zero attached hydrogens (tertiary/aromatic N) is 1. The number of rotatable bonds is 6. The maximum absolute atomic E-state index is 12.1. The van der Waals surface area contributed by atoms with Crippen LogP contribution in [0.2, 0.25) is 0 Å². The monoisotopic (exact) mass is 524 g/mol. The minimum atomic E-state index is -0.238. The van der Waals surface area contributed by atoms with E-state index in [9.17, 15) is 10.1 Å². The van der Waals surface area contributed by atoms with Crippen LogP contribution in [0.5, 0.6) is 5.75 Å². The van der Waals surface area contributed by atoms with E-state index in [0.29, 0.717) is 15.8 Å². The number of allylic oxidation sites excluding steroid dienone is 1. The summed E-state index contributed by atoms with van der Waals surface area (Å²) >= 11 is 6.87. The maximum atomic E-state index is 12.1. The Balaban J connectivity index is 1.66. The van der Waals surface area contributed by atoms with Gasteiger partial charge >= 0.3 is 0 Å². The third-order valence-corrected chi connectivity index (χ3v) is 5.35. The number of benzene rings is 3. The summed E-state index contributed by atoms with van der Waals surface area (Å²) in [4.78, 5) is 12.1. The van der Waals surface area contributed by atoms with Crippen LogP contribution in [-0.4, -0.2) is 12.5 Å². The van der Waals surface area contributed by atoms with Crippen LogP contribution in [0, 0.1) is 18.3 Å². The molecule has 150 valence electrons. The molecule has 0 fully saturated rings. The molecule has 0 heterocycles. The van der Waals surface area contributed by atoms with Crippen molar-refractivity contribution in [2.75, 3.05) is 11.9 Å². The molecule has 4 nitrogen and oxygen atoms in total. The highest BCUT2D eigenvalue weighted by Crippen LogP contribution is 2.28. The summed E-state index contributed by atoms with van der Waals surface area (Å²) in [5.74, 6) is 0.312. The lowest BCUT2D eigenvalue weighted by Gasteiger charge is -2.10. The molecule has 0 aliphatic heterocycles. The van der Waals surface area contributed by atoms with Gasteiger partial charge in [-0.05, 0) is 82.0 Å². The first kappa shape index (κ1) is 21.8. The number of aryl methyl sites for hydroxylation is 1. The second-order valence-electron chi connectivity index (χ2n) is 6.57. The smallest absolute Gasteiger partial charge is 0.262 e. The molecule has 0 aliphatic carbocycles. The van der Waals surface area contributed by atoms with E-state index >= 15 is 0 Å². The van der Waals surface area contributed by atoms with E-state index in [1.165, 1.54) is 0 Å². The predicted octanol–water partition coefficient (Wildman–Crippen LogP) is 6.60. The van der Waals surface area contributed by atoms with Crippen molar-refractivity contribution in [3.63, 3.8) is 0 Å². The zero-order valence-corrected chi connectivity index (χ0v) is 19.3. The molecule has 3 rings (SSSR count). The number of nitriles is 1. The maximum Gasteiger partial charge on any atom is 0.262 e. The molecule has 6 heteroatoms. The molecule has 3 aromatic rings. The topological polar surface area (TPSA) is 62.1 Å². The van der Waals surface area contributed by atoms with Crippen molar-refractivity contribution in [3.8, 4) is 11.8 Å². The van der Waals surface area contributed by atoms with Crippen LogP contribution in [0.4, 0.5) is 5.69 Å². The van der Waals surface area contributed by atoms with E-state index in [1.807, 2.05) is 73.7 Å². The first-order chi connectivity index (χ1) is 14.4. The number of amides is 1. The number of anilines is 1. The van der Waals surface area contributed by atoms with E-state index in [1.54, 1.807) is 6.07 Å². The summed E-state index contributed by atoms with van der Waals surface area (Å²) in [6.07, 6.45) is 1.81. The van der Waals surface area contributed by atoms with Gasteiger partial charge in [0.2, 0.25) is 0 Å². The molecule has 3 aromatic carbocycles. The first-order valence-electron chi connectivity index (χ1n) is 9.11. The quantitative estimate of drug-likeness (QED) is 0.291. The normalized spacial score (nSPS) is 10.9. The Hall–Kier alpha value is -2.88. The largest absolute Gasteiger partial charge is 0.483 e. The van der Waals surface area contributed by atoms with E-state index in [0.717, 1.165) is 26.9 Å². The fraction of sp³-hybridized carbons (Fsp3) is 0.0833. The number of hydrogen-bond donors (Lipinski definition) is 1. The zero-order chi connectivity index (χ0) is 21.5. The fourth-order valence-corrected chi connectivity index (χ4v) is 3.54. The average molecular weight is 526 g/mol. The third kappa shape index (κ3) is 6.06. The van der Waals surface area contributed by atoms with Crippen molar-refractivity contribution in [1.82, 2.24) is 0 Å². The van der Waals surface area contributed by atoms with Gasteiger partial charge in [-0.25, -0.2) is 0 Å². The summed E-state index contributed by atoms with van der Waals surface area (Å²) in [6.45, 7) is 1.86. The summed E-state index contributed by atoms with van der Waals surface area (Å²) in [6, 6.07) is 22.9. The van der Waals surface area contributed by atoms with E-state index in [4.69, 9.17) is 4.74 Å². The van der Waals surface area contributed by atoms with Crippen LogP contribution < -0.4 is 10.1 Å². The Kier molecular flexibility index (Phi) is 7.45. The Labute approximate surface area is 192 Å². The van der Waals surface area contributed by atoms with Gasteiger partial charge in [0, 0.05) is 10.2 Å². The number of halogens is 2. The number of ether oxygens (including phenoxy) is 1. The lowest BCUT2D eigenvalue weighted by molar-refractivity contribution is -0.118. The van der Waals surface area contributed by atoms with Crippen LogP contribution in [0.1, 0.15) is 16.7 Å². The lowest BCUT2D eigenvalue weighted by Crippen LogP contribution is -2.20. The van der Waals surface area contributed by atoms with Crippen LogP contribution >= 0.6 is 31.9 Å². The first-order valence-corrected chi connectivity index (χ1v) is 10.7. The minimum Gasteiger partial charge on any atom is -0.483 e. The van der Waals surface area contributed by atoms with Gasteiger partial charge in [0.05, 0.1) is 16.1 Å². The molecule has 0 unspecified atom stereocenters. The van der Waals surface area contributed by atoms with Crippen LogP contribution in [0.15, 0.2) is 75.7 Å². The molecule has 0 bridgehead atoms. The summed E-state index contributed by atoms with van der Waals surface area (Å²) in [7, 11) is 0. The molecular weight excluding hydrogens is 508 g/mol. The number of carbonyl (C=O) groups is 1. The molecular formula is C24H18Br2N2O2. The molecule has 0 spiro atoms. The summed E-state index contributed by atoms with van der Waals surface area (Å²) in [5, 5.41) is 12.3. The van der Waals surface area contributed by atoms with Crippen LogP contribution in [0.3, 0.4) is 0 Å². The van der Waals surface area contributed by atoms with Crippen LogP contribution in [-0.2, 0) is 4.79 Å². The standard InChI is InChI=1S/C24H18Br2N2O2/c1-16-3-2-4-21(11-16)28-24(29)15-30-23-10-5-17(13-22(23)26)12-19(14-27)18-6-8-20(25)9-7-18/h2-13H,15H2,1H3,(H,28,29)/b19-12+. The molecule has 30 heavy (non-hydrogen) atoms. The third-order valence-electron chi connectivity index (χ3n) is 4.20. The highest BCUT2D eigenvalue weighted by molar-refractivity contribution is 9.10. The molecule has 0 atom stereocenters. The van der Waals surface area contributed by atoms with Crippen molar-refractivity contribution in [3.05, 3.63) is 92.4 Å². The van der Waals surface area contributed by atoms with Crippen molar-refractivity contribution >= 4 is 55.1 Å². The number of nitrogens with one attached hydrogen (secondary N) is 1. The van der Waals surface area contributed by atoms with Crippen molar-refractivity contribution in [2.24, 2.45) is 0 Å². The van der Waals surface area contributed by atoms with Gasteiger partial charge in [-0.3, -0.25) is 4.79 Å². The Morgan fingerprint density at radius 2 is 1.87 bits per heavy atom. The summed E-state index contributed by atoms with van der Waals surface area (Å²) < 4.78 is 7.29. The van der Waals surface area contributed by atoms with Gasteiger partial charge in [0.15, 0.2) is 6.61 Å². The van der Waals surface area contributed by atoms with Gasteiger partial charge in [0.1, 0.15) is 5.75 Å². The summed E-state index contributed by atoms with van der Waals surface area (Å²) in [5.41, 5.74) is 4.04. The van der Waals surface area contributed by atoms with Gasteiger partial charge in [-0.2, -0.15) is 5.26 Å². The highest BCUT2D eigenvalue weighted by Gasteiger charge is 2.08. The van der Waals surface area contributed by atoms with Crippen LogP contribution in [0.25, 0.3) is 11.6 Å². The van der Waals surface area contributed by atoms with Crippen molar-refractivity contribution < 1.29 is 9.53 Å². The number of carbonyl (C=O) groups excluding carboxylic acids is 1. The molecule has 0 saturated heterocycles. The van der Waals surface area contributed by atoms with Crippen molar-refractivity contribution in [2.45, 2.75) is 6.92 Å². The second kappa shape index (κ2) is 10.2. The van der Waals surface area contributed by atoms with E-state index in [-0.39, 0.29) is 12.5 Å². The fourth-order valence-electron chi connectivity index (χ4n) is 2.76. The lowest BCUT2D eigenvalue weighted by atomic mass is 10.0. The molecule has 0 saturated carbocycles. The van der Waals surface area contributed by atoms with Gasteiger partial charge in [-0.15, -0.1) is 0 Å². The van der Waals surface area contributed by atoms with Gasteiger partial charge in [0.25, 0.3) is 5.91 Å². The number of hydrogen-bond acceptors (Lipinski definition) is 3. The van der Waals surface area contributed by atoms with Gasteiger partial charge < -0.3 is 10.1 Å². The Bertz CT molecular complexity index is 1130. The van der Waals surface area contributed by atoms with E-state index in [2.05, 4.69) is 43.2 Å². The highest BCUT2D eigenvalue weighted by atomic mass is 79.9. The second-order valence-corrected chi connectivity index (χ2v) is 8.34. The Morgan fingerprint density at radius 3 is 2.53 bits per heavy atom. The van der Waals surface area contributed by atoms with Crippen molar-refractivity contribution in [1.29, 1.82) is 5.26 Å². The predicted molar refractivity (Wildman–Crippen MR) is 127 cm³/mol. The van der Waals surface area contributed by atoms with E-state index < -0.39 is 0 Å². The zero-order valence-electron chi connectivity index (χ0n) is 16.2. The molecule has 1 amide bonds.